The number of aromatic nitrogens is 1. The second kappa shape index (κ2) is 6.45. The van der Waals surface area contributed by atoms with Gasteiger partial charge in [-0.1, -0.05) is 6.07 Å². The van der Waals surface area contributed by atoms with Gasteiger partial charge in [0.05, 0.1) is 0 Å². The van der Waals surface area contributed by atoms with Crippen molar-refractivity contribution in [2.75, 3.05) is 31.1 Å². The number of nitrogens with one attached hydrogen (secondary N) is 1. The summed E-state index contributed by atoms with van der Waals surface area (Å²) in [5.74, 6) is 0. The summed E-state index contributed by atoms with van der Waals surface area (Å²) in [5, 5.41) is 4.28. The highest BCUT2D eigenvalue weighted by Crippen LogP contribution is 2.22. The van der Waals surface area contributed by atoms with Crippen LogP contribution in [0.2, 0.25) is 0 Å². The molecule has 1 saturated heterocycles. The lowest BCUT2D eigenvalue weighted by Crippen LogP contribution is -2.43. The molecule has 1 fully saturated rings. The Morgan fingerprint density at radius 3 is 2.79 bits per heavy atom. The first kappa shape index (κ1) is 14.9. The molecule has 1 aliphatic heterocycles. The number of rotatable bonds is 3. The summed E-state index contributed by atoms with van der Waals surface area (Å²) in [6, 6.07) is 13.7. The molecule has 0 saturated carbocycles. The Morgan fingerprint density at radius 2 is 2.00 bits per heavy atom. The Labute approximate surface area is 139 Å². The Kier molecular flexibility index (Phi) is 4.01. The van der Waals surface area contributed by atoms with E-state index in [1.54, 1.807) is 6.20 Å². The average Bonchev–Trinajstić information content (AvgIpc) is 2.63. The van der Waals surface area contributed by atoms with Crippen molar-refractivity contribution in [2.45, 2.75) is 6.42 Å². The lowest BCUT2D eigenvalue weighted by Gasteiger charge is -2.29. The van der Waals surface area contributed by atoms with Crippen LogP contribution in [-0.4, -0.2) is 31.2 Å². The molecule has 0 radical (unpaired) electrons. The molecule has 3 heterocycles. The van der Waals surface area contributed by atoms with Crippen molar-refractivity contribution in [3.05, 3.63) is 70.3 Å². The maximum absolute atomic E-state index is 12.3. The molecule has 0 atom stereocenters. The molecule has 5 heteroatoms. The molecule has 3 aromatic rings. The second-order valence-corrected chi connectivity index (χ2v) is 6.02. The fourth-order valence-corrected chi connectivity index (χ4v) is 3.08. The molecule has 5 nitrogen and oxygen atoms in total. The van der Waals surface area contributed by atoms with E-state index in [0.717, 1.165) is 42.9 Å². The molecule has 122 valence electrons. The summed E-state index contributed by atoms with van der Waals surface area (Å²) in [5.41, 5.74) is 2.95. The van der Waals surface area contributed by atoms with Crippen LogP contribution in [0.5, 0.6) is 0 Å². The van der Waals surface area contributed by atoms with E-state index in [1.165, 1.54) is 0 Å². The SMILES string of the molecule is O=c1oc2cc(N3CCNCC3)ccc2cc1Cc1ccccn1. The van der Waals surface area contributed by atoms with Crippen LogP contribution >= 0.6 is 0 Å². The lowest BCUT2D eigenvalue weighted by molar-refractivity contribution is 0.551. The minimum Gasteiger partial charge on any atom is -0.422 e. The van der Waals surface area contributed by atoms with Gasteiger partial charge in [0, 0.05) is 67.2 Å². The predicted octanol–water partition coefficient (Wildman–Crippen LogP) is 2.19. The highest BCUT2D eigenvalue weighted by atomic mass is 16.4. The van der Waals surface area contributed by atoms with Gasteiger partial charge in [-0.05, 0) is 30.3 Å². The minimum atomic E-state index is -0.286. The summed E-state index contributed by atoms with van der Waals surface area (Å²) in [6.07, 6.45) is 2.22. The zero-order chi connectivity index (χ0) is 16.4. The van der Waals surface area contributed by atoms with Crippen molar-refractivity contribution in [3.8, 4) is 0 Å². The van der Waals surface area contributed by atoms with Gasteiger partial charge in [-0.2, -0.15) is 0 Å². The molecule has 24 heavy (non-hydrogen) atoms. The molecule has 0 unspecified atom stereocenters. The van der Waals surface area contributed by atoms with Crippen molar-refractivity contribution in [2.24, 2.45) is 0 Å². The van der Waals surface area contributed by atoms with E-state index in [4.69, 9.17) is 4.42 Å². The van der Waals surface area contributed by atoms with Gasteiger partial charge in [0.2, 0.25) is 0 Å². The predicted molar refractivity (Wildman–Crippen MR) is 94.6 cm³/mol. The molecule has 0 aliphatic carbocycles. The van der Waals surface area contributed by atoms with Crippen LogP contribution in [0.1, 0.15) is 11.3 Å². The number of pyridine rings is 1. The normalized spacial score (nSPS) is 14.9. The standard InChI is InChI=1S/C19H19N3O2/c23-19-15(12-16-3-1-2-6-21-16)11-14-4-5-17(13-18(14)24-19)22-9-7-20-8-10-22/h1-6,11,13,20H,7-10,12H2. The van der Waals surface area contributed by atoms with Crippen LogP contribution in [0.4, 0.5) is 5.69 Å². The highest BCUT2D eigenvalue weighted by molar-refractivity contribution is 5.81. The van der Waals surface area contributed by atoms with Crippen LogP contribution in [0.25, 0.3) is 11.0 Å². The summed E-state index contributed by atoms with van der Waals surface area (Å²) < 4.78 is 5.57. The lowest BCUT2D eigenvalue weighted by atomic mass is 10.1. The summed E-state index contributed by atoms with van der Waals surface area (Å²) in [7, 11) is 0. The van der Waals surface area contributed by atoms with Gasteiger partial charge >= 0.3 is 5.63 Å². The van der Waals surface area contributed by atoms with Gasteiger partial charge in [-0.3, -0.25) is 4.98 Å². The van der Waals surface area contributed by atoms with Crippen LogP contribution < -0.4 is 15.8 Å². The van der Waals surface area contributed by atoms with Crippen LogP contribution in [0.15, 0.2) is 57.9 Å². The molecule has 1 aromatic carbocycles. The van der Waals surface area contributed by atoms with E-state index in [1.807, 2.05) is 36.4 Å². The zero-order valence-electron chi connectivity index (χ0n) is 13.4. The third kappa shape index (κ3) is 3.03. The fraction of sp³-hybridized carbons (Fsp3) is 0.263. The number of nitrogens with zero attached hydrogens (tertiary/aromatic N) is 2. The average molecular weight is 321 g/mol. The van der Waals surface area contributed by atoms with E-state index >= 15 is 0 Å². The Bertz CT molecular complexity index is 899. The van der Waals surface area contributed by atoms with E-state index in [0.29, 0.717) is 17.6 Å². The zero-order valence-corrected chi connectivity index (χ0v) is 13.4. The quantitative estimate of drug-likeness (QED) is 0.749. The molecule has 0 spiro atoms. The van der Waals surface area contributed by atoms with Gasteiger partial charge < -0.3 is 14.6 Å². The molecule has 0 bridgehead atoms. The van der Waals surface area contributed by atoms with Gasteiger partial charge in [0.1, 0.15) is 5.58 Å². The Balaban J connectivity index is 1.67. The van der Waals surface area contributed by atoms with Crippen LogP contribution in [0.3, 0.4) is 0 Å². The van der Waals surface area contributed by atoms with Crippen molar-refractivity contribution in [3.63, 3.8) is 0 Å². The first-order valence-corrected chi connectivity index (χ1v) is 8.22. The third-order valence-corrected chi connectivity index (χ3v) is 4.37. The first-order chi connectivity index (χ1) is 11.8. The minimum absolute atomic E-state index is 0.286. The molecular formula is C19H19N3O2. The maximum atomic E-state index is 12.3. The number of fused-ring (bicyclic) bond motifs is 1. The van der Waals surface area contributed by atoms with Crippen molar-refractivity contribution >= 4 is 16.7 Å². The third-order valence-electron chi connectivity index (χ3n) is 4.37. The number of benzene rings is 1. The number of hydrogen-bond acceptors (Lipinski definition) is 5. The second-order valence-electron chi connectivity index (χ2n) is 6.02. The summed E-state index contributed by atoms with van der Waals surface area (Å²) >= 11 is 0. The van der Waals surface area contributed by atoms with Crippen molar-refractivity contribution in [1.82, 2.24) is 10.3 Å². The van der Waals surface area contributed by atoms with E-state index in [2.05, 4.69) is 21.3 Å². The summed E-state index contributed by atoms with van der Waals surface area (Å²) in [4.78, 5) is 18.9. The topological polar surface area (TPSA) is 58.4 Å². The fourth-order valence-electron chi connectivity index (χ4n) is 3.08. The van der Waals surface area contributed by atoms with E-state index < -0.39 is 0 Å². The number of anilines is 1. The van der Waals surface area contributed by atoms with Gasteiger partial charge in [0.15, 0.2) is 0 Å². The maximum Gasteiger partial charge on any atom is 0.339 e. The van der Waals surface area contributed by atoms with E-state index in [9.17, 15) is 4.79 Å². The molecule has 1 aliphatic rings. The molecule has 0 amide bonds. The molecule has 4 rings (SSSR count). The largest absolute Gasteiger partial charge is 0.422 e. The number of hydrogen-bond donors (Lipinski definition) is 1. The van der Waals surface area contributed by atoms with Gasteiger partial charge in [0.25, 0.3) is 0 Å². The van der Waals surface area contributed by atoms with Crippen LogP contribution in [0, 0.1) is 0 Å². The Morgan fingerprint density at radius 1 is 1.12 bits per heavy atom. The smallest absolute Gasteiger partial charge is 0.339 e. The van der Waals surface area contributed by atoms with Crippen molar-refractivity contribution in [1.29, 1.82) is 0 Å². The van der Waals surface area contributed by atoms with Crippen molar-refractivity contribution < 1.29 is 4.42 Å². The van der Waals surface area contributed by atoms with E-state index in [-0.39, 0.29) is 5.63 Å². The van der Waals surface area contributed by atoms with Crippen LogP contribution in [-0.2, 0) is 6.42 Å². The van der Waals surface area contributed by atoms with Gasteiger partial charge in [-0.25, -0.2) is 4.79 Å². The number of piperazine rings is 1. The molecule has 2 aromatic heterocycles. The molecule has 1 N–H and O–H groups in total. The Hall–Kier alpha value is -2.66. The highest BCUT2D eigenvalue weighted by Gasteiger charge is 2.13. The monoisotopic (exact) mass is 321 g/mol. The van der Waals surface area contributed by atoms with Gasteiger partial charge in [-0.15, -0.1) is 0 Å². The first-order valence-electron chi connectivity index (χ1n) is 8.22. The molecular weight excluding hydrogens is 302 g/mol. The summed E-state index contributed by atoms with van der Waals surface area (Å²) in [6.45, 7) is 3.89.